The Hall–Kier alpha value is -4.46. The Kier molecular flexibility index (Phi) is 6.03. The molecule has 8 heteroatoms. The molecule has 0 fully saturated rings. The number of nitrogens with zero attached hydrogens (tertiary/aromatic N) is 3. The number of aromatic nitrogens is 3. The number of hydrogen-bond donors (Lipinski definition) is 1. The first kappa shape index (κ1) is 21.4. The summed E-state index contributed by atoms with van der Waals surface area (Å²) in [5, 5.41) is 8.11. The van der Waals surface area contributed by atoms with Gasteiger partial charge in [-0.05, 0) is 66.6 Å². The molecule has 0 spiro atoms. The van der Waals surface area contributed by atoms with Crippen LogP contribution in [0.15, 0.2) is 79.1 Å². The lowest BCUT2D eigenvalue weighted by molar-refractivity contribution is -0.109. The van der Waals surface area contributed by atoms with Crippen molar-refractivity contribution in [2.45, 2.75) is 12.5 Å². The predicted molar refractivity (Wildman–Crippen MR) is 126 cm³/mol. The second-order valence-electron chi connectivity index (χ2n) is 7.81. The van der Waals surface area contributed by atoms with Crippen LogP contribution in [0.2, 0.25) is 0 Å². The van der Waals surface area contributed by atoms with Crippen molar-refractivity contribution in [3.8, 4) is 17.3 Å². The Balaban J connectivity index is 1.53. The van der Waals surface area contributed by atoms with E-state index < -0.39 is 11.9 Å². The van der Waals surface area contributed by atoms with E-state index in [0.29, 0.717) is 42.5 Å². The van der Waals surface area contributed by atoms with E-state index in [1.165, 1.54) is 0 Å². The number of aldehydes is 1. The zero-order valence-corrected chi connectivity index (χ0v) is 18.3. The molecule has 2 aromatic heterocycles. The molecule has 0 saturated carbocycles. The lowest BCUT2D eigenvalue weighted by Crippen LogP contribution is -2.38. The lowest BCUT2D eigenvalue weighted by atomic mass is 10.1. The van der Waals surface area contributed by atoms with Crippen LogP contribution in [0.1, 0.15) is 15.9 Å². The molecule has 34 heavy (non-hydrogen) atoms. The topological polar surface area (TPSA) is 95.3 Å². The van der Waals surface area contributed by atoms with E-state index in [9.17, 15) is 9.59 Å². The SMILES string of the molecule is O=CC1Cc2ccc(cc2)OC/C=C/COc2ccc3c(cnn3-c3ncccc3C(=O)N1)c2. The Bertz CT molecular complexity index is 1360. The van der Waals surface area contributed by atoms with Crippen molar-refractivity contribution in [3.05, 3.63) is 90.3 Å². The molecule has 1 atom stereocenters. The quantitative estimate of drug-likeness (QED) is 0.350. The number of amides is 1. The van der Waals surface area contributed by atoms with Crippen LogP contribution < -0.4 is 14.8 Å². The summed E-state index contributed by atoms with van der Waals surface area (Å²) >= 11 is 0. The number of benzene rings is 2. The fourth-order valence-corrected chi connectivity index (χ4v) is 3.79. The maximum atomic E-state index is 13.1. The van der Waals surface area contributed by atoms with Gasteiger partial charge in [0.1, 0.15) is 31.0 Å². The van der Waals surface area contributed by atoms with Crippen molar-refractivity contribution < 1.29 is 19.1 Å². The predicted octanol–water partition coefficient (Wildman–Crippen LogP) is 3.29. The summed E-state index contributed by atoms with van der Waals surface area (Å²) in [6.45, 7) is 0.812. The van der Waals surface area contributed by atoms with E-state index in [0.717, 1.165) is 22.8 Å². The molecule has 0 aliphatic carbocycles. The normalized spacial score (nSPS) is 17.3. The van der Waals surface area contributed by atoms with Crippen molar-refractivity contribution in [1.82, 2.24) is 20.1 Å². The number of rotatable bonds is 1. The Morgan fingerprint density at radius 1 is 1.00 bits per heavy atom. The molecule has 0 radical (unpaired) electrons. The Morgan fingerprint density at radius 3 is 2.56 bits per heavy atom. The number of ether oxygens (including phenoxy) is 2. The second-order valence-corrected chi connectivity index (χ2v) is 7.81. The van der Waals surface area contributed by atoms with E-state index in [4.69, 9.17) is 9.47 Å². The first-order valence-corrected chi connectivity index (χ1v) is 10.9. The number of nitrogens with one attached hydrogen (secondary N) is 1. The molecule has 6 bridgehead atoms. The molecular weight excluding hydrogens is 432 g/mol. The van der Waals surface area contributed by atoms with Crippen molar-refractivity contribution in [2.24, 2.45) is 0 Å². The number of carbonyl (C=O) groups is 2. The summed E-state index contributed by atoms with van der Waals surface area (Å²) < 4.78 is 13.2. The van der Waals surface area contributed by atoms with E-state index in [-0.39, 0.29) is 0 Å². The molecule has 2 aromatic carbocycles. The van der Waals surface area contributed by atoms with Gasteiger partial charge in [-0.25, -0.2) is 9.67 Å². The van der Waals surface area contributed by atoms with Gasteiger partial charge in [0, 0.05) is 11.6 Å². The first-order valence-electron chi connectivity index (χ1n) is 10.9. The van der Waals surface area contributed by atoms with Crippen molar-refractivity contribution in [2.75, 3.05) is 13.2 Å². The van der Waals surface area contributed by atoms with Gasteiger partial charge in [-0.1, -0.05) is 12.1 Å². The minimum atomic E-state index is -0.696. The summed E-state index contributed by atoms with van der Waals surface area (Å²) in [6, 6.07) is 15.7. The van der Waals surface area contributed by atoms with Crippen molar-refractivity contribution in [1.29, 1.82) is 0 Å². The maximum absolute atomic E-state index is 13.1. The minimum absolute atomic E-state index is 0.319. The monoisotopic (exact) mass is 454 g/mol. The molecule has 4 aliphatic heterocycles. The van der Waals surface area contributed by atoms with Crippen molar-refractivity contribution >= 4 is 23.1 Å². The molecule has 0 saturated heterocycles. The van der Waals surface area contributed by atoms with Crippen LogP contribution in [0.25, 0.3) is 16.7 Å². The average molecular weight is 454 g/mol. The molecule has 4 aliphatic rings. The fraction of sp³-hybridized carbons (Fsp3) is 0.154. The van der Waals surface area contributed by atoms with Gasteiger partial charge in [0.15, 0.2) is 5.82 Å². The van der Waals surface area contributed by atoms with E-state index in [1.807, 2.05) is 54.6 Å². The number of carbonyl (C=O) groups excluding carboxylic acids is 2. The summed E-state index contributed by atoms with van der Waals surface area (Å²) in [4.78, 5) is 29.3. The molecule has 1 amide bonds. The van der Waals surface area contributed by atoms with Gasteiger partial charge in [-0.3, -0.25) is 4.79 Å². The van der Waals surface area contributed by atoms with Crippen LogP contribution in [-0.2, 0) is 11.2 Å². The van der Waals surface area contributed by atoms with Crippen LogP contribution in [0.4, 0.5) is 0 Å². The second kappa shape index (κ2) is 9.58. The molecule has 1 unspecified atom stereocenters. The molecular formula is C26H22N4O4. The summed E-state index contributed by atoms with van der Waals surface area (Å²) in [7, 11) is 0. The van der Waals surface area contributed by atoms with E-state index in [2.05, 4.69) is 15.4 Å². The highest BCUT2D eigenvalue weighted by Crippen LogP contribution is 2.24. The third-order valence-corrected chi connectivity index (χ3v) is 5.49. The van der Waals surface area contributed by atoms with Gasteiger partial charge in [-0.2, -0.15) is 5.10 Å². The van der Waals surface area contributed by atoms with Gasteiger partial charge < -0.3 is 19.6 Å². The van der Waals surface area contributed by atoms with Gasteiger partial charge in [0.25, 0.3) is 5.91 Å². The van der Waals surface area contributed by atoms with Gasteiger partial charge in [0.05, 0.1) is 23.3 Å². The molecule has 1 N–H and O–H groups in total. The van der Waals surface area contributed by atoms with Crippen molar-refractivity contribution in [3.63, 3.8) is 0 Å². The molecule has 6 heterocycles. The minimum Gasteiger partial charge on any atom is -0.490 e. The number of hydrogen-bond acceptors (Lipinski definition) is 6. The Labute approximate surface area is 195 Å². The number of pyridine rings is 1. The smallest absolute Gasteiger partial charge is 0.255 e. The van der Waals surface area contributed by atoms with Crippen LogP contribution in [-0.4, -0.2) is 46.2 Å². The molecule has 8 nitrogen and oxygen atoms in total. The zero-order chi connectivity index (χ0) is 23.3. The highest BCUT2D eigenvalue weighted by molar-refractivity contribution is 5.99. The molecule has 4 aromatic rings. The fourth-order valence-electron chi connectivity index (χ4n) is 3.79. The van der Waals surface area contributed by atoms with Crippen LogP contribution in [0.3, 0.4) is 0 Å². The molecule has 8 rings (SSSR count). The average Bonchev–Trinajstić information content (AvgIpc) is 3.29. The molecule has 170 valence electrons. The summed E-state index contributed by atoms with van der Waals surface area (Å²) in [6.07, 6.45) is 8.20. The van der Waals surface area contributed by atoms with Gasteiger partial charge in [0.2, 0.25) is 0 Å². The summed E-state index contributed by atoms with van der Waals surface area (Å²) in [5.74, 6) is 1.39. The van der Waals surface area contributed by atoms with Crippen LogP contribution in [0.5, 0.6) is 11.5 Å². The van der Waals surface area contributed by atoms with E-state index in [1.54, 1.807) is 29.2 Å². The highest BCUT2D eigenvalue weighted by Gasteiger charge is 2.20. The van der Waals surface area contributed by atoms with Crippen LogP contribution in [0, 0.1) is 0 Å². The van der Waals surface area contributed by atoms with Gasteiger partial charge >= 0.3 is 0 Å². The third kappa shape index (κ3) is 4.52. The highest BCUT2D eigenvalue weighted by atomic mass is 16.5. The maximum Gasteiger partial charge on any atom is 0.255 e. The Morgan fingerprint density at radius 2 is 1.76 bits per heavy atom. The standard InChI is InChI=1S/C26H22N4O4/c31-17-20-14-18-5-7-21(8-6-18)33-12-1-2-13-34-22-9-10-24-19(15-22)16-28-30(24)25-23(26(32)29-20)4-3-11-27-25/h1-11,15-17,20H,12-14H2,(H,29,32)/b2-1+. The van der Waals surface area contributed by atoms with Gasteiger partial charge in [-0.15, -0.1) is 0 Å². The largest absolute Gasteiger partial charge is 0.490 e. The first-order chi connectivity index (χ1) is 16.7. The third-order valence-electron chi connectivity index (χ3n) is 5.49. The zero-order valence-electron chi connectivity index (χ0n) is 18.3. The lowest BCUT2D eigenvalue weighted by Gasteiger charge is -2.15. The van der Waals surface area contributed by atoms with Crippen LogP contribution >= 0.6 is 0 Å². The van der Waals surface area contributed by atoms with E-state index >= 15 is 0 Å². The summed E-state index contributed by atoms with van der Waals surface area (Å²) in [5.41, 5.74) is 2.00.